The molecule has 2 saturated carbocycles. The Hall–Kier alpha value is -3.61. The maximum atomic E-state index is 12.1. The summed E-state index contributed by atoms with van der Waals surface area (Å²) in [6, 6.07) is 5.92. The van der Waals surface area contributed by atoms with E-state index in [0.29, 0.717) is 17.3 Å². The SMILES string of the molecule is CC1(NC(=O)O[C@@H]2CC[C@H](c3cc(Nc4nccn5nc(CC#N)cc45)n[nH]3)C2)CC1. The van der Waals surface area contributed by atoms with Crippen molar-refractivity contribution in [2.24, 2.45) is 0 Å². The molecule has 3 aromatic heterocycles. The number of nitriles is 1. The highest BCUT2D eigenvalue weighted by Gasteiger charge is 2.40. The topological polar surface area (TPSA) is 133 Å². The third kappa shape index (κ3) is 4.17. The number of ether oxygens (including phenoxy) is 1. The van der Waals surface area contributed by atoms with Gasteiger partial charge in [-0.05, 0) is 45.1 Å². The lowest BCUT2D eigenvalue weighted by Crippen LogP contribution is -2.36. The Labute approximate surface area is 179 Å². The normalized spacial score (nSPS) is 21.5. The minimum Gasteiger partial charge on any atom is -0.446 e. The van der Waals surface area contributed by atoms with Crippen LogP contribution < -0.4 is 10.6 Å². The molecule has 0 aliphatic heterocycles. The molecular formula is C21H24N8O2. The molecule has 2 aliphatic carbocycles. The first kappa shape index (κ1) is 19.4. The standard InChI is InChI=1S/C21H24N8O2/c1-21(5-6-21)25-20(30)31-15-3-2-13(10-15)16-12-18(27-26-16)24-19-17-11-14(4-7-22)28-29(17)9-8-23-19/h8-9,11-13,15H,2-6,10H2,1H3,(H,25,30)(H2,23,24,26,27)/t13-,15+/m0/s1. The average molecular weight is 420 g/mol. The van der Waals surface area contributed by atoms with Gasteiger partial charge in [-0.15, -0.1) is 0 Å². The lowest BCUT2D eigenvalue weighted by Gasteiger charge is -2.16. The zero-order valence-corrected chi connectivity index (χ0v) is 17.3. The summed E-state index contributed by atoms with van der Waals surface area (Å²) in [4.78, 5) is 16.4. The summed E-state index contributed by atoms with van der Waals surface area (Å²) in [5, 5.41) is 26.9. The highest BCUT2D eigenvalue weighted by Crippen LogP contribution is 2.37. The number of alkyl carbamates (subject to hydrolysis) is 1. The third-order valence-corrected chi connectivity index (χ3v) is 6.05. The first-order valence-corrected chi connectivity index (χ1v) is 10.5. The van der Waals surface area contributed by atoms with Gasteiger partial charge in [-0.2, -0.15) is 15.5 Å². The molecule has 160 valence electrons. The number of amides is 1. The van der Waals surface area contributed by atoms with E-state index >= 15 is 0 Å². The van der Waals surface area contributed by atoms with Gasteiger partial charge >= 0.3 is 6.09 Å². The third-order valence-electron chi connectivity index (χ3n) is 6.05. The van der Waals surface area contributed by atoms with Crippen LogP contribution in [0.5, 0.6) is 0 Å². The molecule has 10 nitrogen and oxygen atoms in total. The van der Waals surface area contributed by atoms with Crippen LogP contribution in [0.15, 0.2) is 24.5 Å². The van der Waals surface area contributed by atoms with Crippen molar-refractivity contribution < 1.29 is 9.53 Å². The van der Waals surface area contributed by atoms with Crippen LogP contribution in [0.2, 0.25) is 0 Å². The number of carbonyl (C=O) groups is 1. The Balaban J connectivity index is 1.22. The van der Waals surface area contributed by atoms with Gasteiger partial charge in [0.2, 0.25) is 0 Å². The number of aromatic nitrogens is 5. The first-order valence-electron chi connectivity index (χ1n) is 10.5. The number of aromatic amines is 1. The lowest BCUT2D eigenvalue weighted by molar-refractivity contribution is 0.0967. The number of rotatable bonds is 6. The van der Waals surface area contributed by atoms with Crippen molar-refractivity contribution in [3.63, 3.8) is 0 Å². The summed E-state index contributed by atoms with van der Waals surface area (Å²) in [5.41, 5.74) is 2.41. The van der Waals surface area contributed by atoms with Gasteiger partial charge in [-0.1, -0.05) is 0 Å². The number of hydrogen-bond donors (Lipinski definition) is 3. The largest absolute Gasteiger partial charge is 0.446 e. The van der Waals surface area contributed by atoms with Crippen LogP contribution in [0.1, 0.15) is 56.3 Å². The number of H-pyrrole nitrogens is 1. The van der Waals surface area contributed by atoms with Gasteiger partial charge in [0.1, 0.15) is 11.6 Å². The smallest absolute Gasteiger partial charge is 0.407 e. The van der Waals surface area contributed by atoms with E-state index < -0.39 is 0 Å². The van der Waals surface area contributed by atoms with Crippen LogP contribution in [0.3, 0.4) is 0 Å². The number of fused-ring (bicyclic) bond motifs is 1. The van der Waals surface area contributed by atoms with E-state index in [9.17, 15) is 4.79 Å². The van der Waals surface area contributed by atoms with Crippen molar-refractivity contribution in [1.82, 2.24) is 30.1 Å². The molecular weight excluding hydrogens is 396 g/mol. The second-order valence-electron chi connectivity index (χ2n) is 8.63. The van der Waals surface area contributed by atoms with E-state index in [1.165, 1.54) is 0 Å². The number of anilines is 2. The molecule has 2 fully saturated rings. The molecule has 3 aromatic rings. The minimum atomic E-state index is -0.312. The van der Waals surface area contributed by atoms with E-state index in [-0.39, 0.29) is 30.1 Å². The van der Waals surface area contributed by atoms with Crippen LogP contribution in [0.4, 0.5) is 16.4 Å². The summed E-state index contributed by atoms with van der Waals surface area (Å²) >= 11 is 0. The van der Waals surface area contributed by atoms with E-state index in [2.05, 4.69) is 37.0 Å². The van der Waals surface area contributed by atoms with Gasteiger partial charge in [0.15, 0.2) is 11.6 Å². The van der Waals surface area contributed by atoms with Crippen molar-refractivity contribution in [3.8, 4) is 6.07 Å². The molecule has 0 saturated heterocycles. The van der Waals surface area contributed by atoms with Crippen molar-refractivity contribution >= 4 is 23.2 Å². The highest BCUT2D eigenvalue weighted by molar-refractivity contribution is 5.72. The molecule has 2 atom stereocenters. The van der Waals surface area contributed by atoms with E-state index in [1.54, 1.807) is 16.9 Å². The number of carbonyl (C=O) groups excluding carboxylic acids is 1. The van der Waals surface area contributed by atoms with E-state index in [0.717, 1.165) is 43.3 Å². The monoisotopic (exact) mass is 420 g/mol. The van der Waals surface area contributed by atoms with Gasteiger partial charge < -0.3 is 15.4 Å². The minimum absolute atomic E-state index is 0.0686. The van der Waals surface area contributed by atoms with Gasteiger partial charge in [-0.25, -0.2) is 14.3 Å². The highest BCUT2D eigenvalue weighted by atomic mass is 16.6. The van der Waals surface area contributed by atoms with Crippen LogP contribution in [0.25, 0.3) is 5.52 Å². The van der Waals surface area contributed by atoms with Crippen LogP contribution in [-0.4, -0.2) is 42.5 Å². The molecule has 10 heteroatoms. The summed E-state index contributed by atoms with van der Waals surface area (Å²) in [5.74, 6) is 1.54. The summed E-state index contributed by atoms with van der Waals surface area (Å²) in [6.07, 6.45) is 7.84. The van der Waals surface area contributed by atoms with Gasteiger partial charge in [0, 0.05) is 35.6 Å². The Kier molecular flexibility index (Phi) is 4.73. The van der Waals surface area contributed by atoms with E-state index in [1.807, 2.05) is 19.1 Å². The molecule has 0 unspecified atom stereocenters. The Morgan fingerprint density at radius 1 is 1.42 bits per heavy atom. The second kappa shape index (κ2) is 7.58. The second-order valence-corrected chi connectivity index (χ2v) is 8.63. The average Bonchev–Trinajstić information content (AvgIpc) is 3.16. The lowest BCUT2D eigenvalue weighted by atomic mass is 10.0. The maximum Gasteiger partial charge on any atom is 0.407 e. The fourth-order valence-corrected chi connectivity index (χ4v) is 4.04. The number of nitrogens with one attached hydrogen (secondary N) is 3. The zero-order valence-electron chi connectivity index (χ0n) is 17.3. The summed E-state index contributed by atoms with van der Waals surface area (Å²) in [6.45, 7) is 2.04. The molecule has 0 bridgehead atoms. The maximum absolute atomic E-state index is 12.1. The molecule has 3 heterocycles. The molecule has 31 heavy (non-hydrogen) atoms. The van der Waals surface area contributed by atoms with Crippen molar-refractivity contribution in [2.75, 3.05) is 5.32 Å². The van der Waals surface area contributed by atoms with Gasteiger partial charge in [-0.3, -0.25) is 5.10 Å². The molecule has 1 amide bonds. The molecule has 0 spiro atoms. The number of nitrogens with zero attached hydrogens (tertiary/aromatic N) is 5. The zero-order chi connectivity index (χ0) is 21.4. The predicted molar refractivity (Wildman–Crippen MR) is 112 cm³/mol. The van der Waals surface area contributed by atoms with Crippen molar-refractivity contribution in [2.45, 2.75) is 63.0 Å². The summed E-state index contributed by atoms with van der Waals surface area (Å²) < 4.78 is 7.31. The molecule has 0 radical (unpaired) electrons. The molecule has 0 aromatic carbocycles. The molecule has 2 aliphatic rings. The van der Waals surface area contributed by atoms with Gasteiger partial charge in [0.05, 0.1) is 18.2 Å². The first-order chi connectivity index (χ1) is 15.0. The van der Waals surface area contributed by atoms with Gasteiger partial charge in [0.25, 0.3) is 0 Å². The van der Waals surface area contributed by atoms with E-state index in [4.69, 9.17) is 10.00 Å². The van der Waals surface area contributed by atoms with Crippen molar-refractivity contribution in [1.29, 1.82) is 5.26 Å². The number of hydrogen-bond acceptors (Lipinski definition) is 7. The fourth-order valence-electron chi connectivity index (χ4n) is 4.04. The van der Waals surface area contributed by atoms with Crippen LogP contribution >= 0.6 is 0 Å². The van der Waals surface area contributed by atoms with Crippen LogP contribution in [-0.2, 0) is 11.2 Å². The fraction of sp³-hybridized carbons (Fsp3) is 0.476. The quantitative estimate of drug-likeness (QED) is 0.558. The molecule has 5 rings (SSSR count). The predicted octanol–water partition coefficient (Wildman–Crippen LogP) is 3.18. The summed E-state index contributed by atoms with van der Waals surface area (Å²) in [7, 11) is 0. The van der Waals surface area contributed by atoms with Crippen molar-refractivity contribution in [3.05, 3.63) is 35.9 Å². The Morgan fingerprint density at radius 3 is 3.10 bits per heavy atom. The van der Waals surface area contributed by atoms with Crippen LogP contribution in [0, 0.1) is 11.3 Å². The Bertz CT molecular complexity index is 1160. The Morgan fingerprint density at radius 2 is 2.29 bits per heavy atom. The molecule has 3 N–H and O–H groups in total.